The lowest BCUT2D eigenvalue weighted by molar-refractivity contribution is -0.148. The minimum absolute atomic E-state index is 0.0688. The monoisotopic (exact) mass is 344 g/mol. The van der Waals surface area contributed by atoms with Crippen LogP contribution in [-0.2, 0) is 19.6 Å². The van der Waals surface area contributed by atoms with Gasteiger partial charge >= 0.3 is 0 Å². The summed E-state index contributed by atoms with van der Waals surface area (Å²) >= 11 is 0. The second kappa shape index (κ2) is 7.32. The van der Waals surface area contributed by atoms with Crippen molar-refractivity contribution in [2.75, 3.05) is 40.4 Å². The van der Waals surface area contributed by atoms with E-state index in [1.807, 2.05) is 0 Å². The number of amides is 1. The molecule has 1 unspecified atom stereocenters. The molecular formula is C16H28N2O4S. The molecule has 0 aromatic carbocycles. The van der Waals surface area contributed by atoms with E-state index in [9.17, 15) is 13.2 Å². The zero-order valence-electron chi connectivity index (χ0n) is 14.2. The van der Waals surface area contributed by atoms with Crippen LogP contribution < -0.4 is 0 Å². The molecule has 0 aromatic rings. The molecule has 0 bridgehead atoms. The zero-order chi connectivity index (χ0) is 17.1. The van der Waals surface area contributed by atoms with E-state index in [1.165, 1.54) is 4.31 Å². The molecule has 2 rings (SSSR count). The van der Waals surface area contributed by atoms with E-state index in [2.05, 4.69) is 6.58 Å². The number of sulfonamides is 1. The Morgan fingerprint density at radius 2 is 2.04 bits per heavy atom. The van der Waals surface area contributed by atoms with Crippen LogP contribution in [-0.4, -0.2) is 69.2 Å². The van der Waals surface area contributed by atoms with Gasteiger partial charge in [0.05, 0.1) is 10.7 Å². The number of carbonyl (C=O) groups excluding carboxylic acids is 1. The SMILES string of the molecule is C=CCC1(C(=O)N2CCCC(S(=O)(=O)N(C)C)C2)CCOCC1. The summed E-state index contributed by atoms with van der Waals surface area (Å²) in [5.74, 6) is 0.0688. The average molecular weight is 344 g/mol. The molecule has 132 valence electrons. The van der Waals surface area contributed by atoms with Crippen LogP contribution in [0, 0.1) is 5.41 Å². The Kier molecular flexibility index (Phi) is 5.86. The Hall–Kier alpha value is -0.920. The lowest BCUT2D eigenvalue weighted by Crippen LogP contribution is -2.53. The van der Waals surface area contributed by atoms with Gasteiger partial charge in [-0.1, -0.05) is 6.08 Å². The van der Waals surface area contributed by atoms with Gasteiger partial charge < -0.3 is 9.64 Å². The second-order valence-corrected chi connectivity index (χ2v) is 9.16. The number of carbonyl (C=O) groups is 1. The van der Waals surface area contributed by atoms with Crippen molar-refractivity contribution in [3.05, 3.63) is 12.7 Å². The number of piperidine rings is 1. The van der Waals surface area contributed by atoms with Crippen molar-refractivity contribution >= 4 is 15.9 Å². The fraction of sp³-hybridized carbons (Fsp3) is 0.812. The normalized spacial score (nSPS) is 25.3. The Balaban J connectivity index is 2.16. The van der Waals surface area contributed by atoms with Crippen molar-refractivity contribution in [3.63, 3.8) is 0 Å². The number of hydrogen-bond acceptors (Lipinski definition) is 4. The fourth-order valence-corrected chi connectivity index (χ4v) is 4.97. The van der Waals surface area contributed by atoms with Crippen LogP contribution in [0.4, 0.5) is 0 Å². The van der Waals surface area contributed by atoms with Crippen LogP contribution in [0.5, 0.6) is 0 Å². The van der Waals surface area contributed by atoms with Crippen molar-refractivity contribution in [2.24, 2.45) is 5.41 Å². The number of allylic oxidation sites excluding steroid dienone is 1. The molecule has 0 saturated carbocycles. The van der Waals surface area contributed by atoms with Gasteiger partial charge in [0, 0.05) is 40.4 Å². The summed E-state index contributed by atoms with van der Waals surface area (Å²) in [6.45, 7) is 5.87. The third-order valence-corrected chi connectivity index (χ3v) is 7.28. The maximum absolute atomic E-state index is 13.1. The highest BCUT2D eigenvalue weighted by Gasteiger charge is 2.44. The Bertz CT molecular complexity index is 538. The van der Waals surface area contributed by atoms with Gasteiger partial charge in [-0.15, -0.1) is 6.58 Å². The summed E-state index contributed by atoms with van der Waals surface area (Å²) in [7, 11) is -0.236. The first-order valence-electron chi connectivity index (χ1n) is 8.23. The first kappa shape index (κ1) is 18.4. The highest BCUT2D eigenvalue weighted by Crippen LogP contribution is 2.37. The molecule has 0 N–H and O–H groups in total. The van der Waals surface area contributed by atoms with E-state index in [4.69, 9.17) is 4.74 Å². The molecular weight excluding hydrogens is 316 g/mol. The van der Waals surface area contributed by atoms with E-state index < -0.39 is 20.7 Å². The molecule has 0 aliphatic carbocycles. The average Bonchev–Trinajstić information content (AvgIpc) is 2.55. The Labute approximate surface area is 139 Å². The minimum atomic E-state index is -3.33. The molecule has 0 spiro atoms. The van der Waals surface area contributed by atoms with Gasteiger partial charge in [0.1, 0.15) is 0 Å². The molecule has 23 heavy (non-hydrogen) atoms. The van der Waals surface area contributed by atoms with Gasteiger partial charge in [0.15, 0.2) is 0 Å². The number of nitrogens with zero attached hydrogens (tertiary/aromatic N) is 2. The summed E-state index contributed by atoms with van der Waals surface area (Å²) in [4.78, 5) is 14.9. The van der Waals surface area contributed by atoms with E-state index in [1.54, 1.807) is 25.1 Å². The second-order valence-electron chi connectivity index (χ2n) is 6.73. The van der Waals surface area contributed by atoms with E-state index in [-0.39, 0.29) is 5.91 Å². The van der Waals surface area contributed by atoms with Crippen LogP contribution in [0.1, 0.15) is 32.1 Å². The number of likely N-dealkylation sites (tertiary alicyclic amines) is 1. The molecule has 0 aromatic heterocycles. The maximum Gasteiger partial charge on any atom is 0.229 e. The first-order chi connectivity index (χ1) is 10.8. The number of hydrogen-bond donors (Lipinski definition) is 0. The lowest BCUT2D eigenvalue weighted by Gasteiger charge is -2.42. The van der Waals surface area contributed by atoms with Gasteiger partial charge in [-0.3, -0.25) is 4.79 Å². The summed E-state index contributed by atoms with van der Waals surface area (Å²) < 4.78 is 31.4. The molecule has 2 fully saturated rings. The van der Waals surface area contributed by atoms with Gasteiger partial charge in [-0.05, 0) is 32.1 Å². The summed E-state index contributed by atoms with van der Waals surface area (Å²) in [5, 5.41) is -0.504. The van der Waals surface area contributed by atoms with E-state index >= 15 is 0 Å². The summed E-state index contributed by atoms with van der Waals surface area (Å²) in [6, 6.07) is 0. The molecule has 2 aliphatic rings. The quantitative estimate of drug-likeness (QED) is 0.704. The highest BCUT2D eigenvalue weighted by atomic mass is 32.2. The molecule has 2 heterocycles. The molecule has 0 radical (unpaired) electrons. The van der Waals surface area contributed by atoms with Crippen LogP contribution in [0.2, 0.25) is 0 Å². The summed E-state index contributed by atoms with van der Waals surface area (Å²) in [6.07, 6.45) is 5.11. The first-order valence-corrected chi connectivity index (χ1v) is 9.73. The maximum atomic E-state index is 13.1. The number of ether oxygens (including phenoxy) is 1. The molecule has 2 saturated heterocycles. The fourth-order valence-electron chi connectivity index (χ4n) is 3.54. The van der Waals surface area contributed by atoms with Crippen LogP contribution in [0.25, 0.3) is 0 Å². The minimum Gasteiger partial charge on any atom is -0.381 e. The predicted octanol–water partition coefficient (Wildman–Crippen LogP) is 1.24. The van der Waals surface area contributed by atoms with Gasteiger partial charge in [0.2, 0.25) is 15.9 Å². The van der Waals surface area contributed by atoms with Gasteiger partial charge in [-0.2, -0.15) is 0 Å². The van der Waals surface area contributed by atoms with Crippen molar-refractivity contribution in [1.82, 2.24) is 9.21 Å². The van der Waals surface area contributed by atoms with Gasteiger partial charge in [0.25, 0.3) is 0 Å². The molecule has 2 aliphatic heterocycles. The highest BCUT2D eigenvalue weighted by molar-refractivity contribution is 7.89. The van der Waals surface area contributed by atoms with Crippen molar-refractivity contribution in [3.8, 4) is 0 Å². The smallest absolute Gasteiger partial charge is 0.229 e. The third kappa shape index (κ3) is 3.78. The largest absolute Gasteiger partial charge is 0.381 e. The van der Waals surface area contributed by atoms with Crippen LogP contribution in [0.15, 0.2) is 12.7 Å². The van der Waals surface area contributed by atoms with Crippen LogP contribution >= 0.6 is 0 Å². The Morgan fingerprint density at radius 1 is 1.39 bits per heavy atom. The van der Waals surface area contributed by atoms with Crippen LogP contribution in [0.3, 0.4) is 0 Å². The molecule has 1 amide bonds. The van der Waals surface area contributed by atoms with Crippen molar-refractivity contribution in [1.29, 1.82) is 0 Å². The lowest BCUT2D eigenvalue weighted by atomic mass is 9.75. The predicted molar refractivity (Wildman–Crippen MR) is 89.5 cm³/mol. The van der Waals surface area contributed by atoms with E-state index in [0.29, 0.717) is 52.0 Å². The topological polar surface area (TPSA) is 66.9 Å². The molecule has 1 atom stereocenters. The van der Waals surface area contributed by atoms with Gasteiger partial charge in [-0.25, -0.2) is 12.7 Å². The number of rotatable bonds is 5. The third-order valence-electron chi connectivity index (χ3n) is 5.03. The summed E-state index contributed by atoms with van der Waals surface area (Å²) in [5.41, 5.74) is -0.468. The van der Waals surface area contributed by atoms with Crippen molar-refractivity contribution < 1.29 is 17.9 Å². The molecule has 6 nitrogen and oxygen atoms in total. The van der Waals surface area contributed by atoms with Crippen molar-refractivity contribution in [2.45, 2.75) is 37.4 Å². The zero-order valence-corrected chi connectivity index (χ0v) is 15.0. The standard InChI is InChI=1S/C16H28N2O4S/c1-4-7-16(8-11-22-12-9-16)15(19)18-10-5-6-14(13-18)23(20,21)17(2)3/h4,14H,1,5-13H2,2-3H3. The molecule has 7 heteroatoms. The van der Waals surface area contributed by atoms with E-state index in [0.717, 1.165) is 6.42 Å². The Morgan fingerprint density at radius 3 is 2.61 bits per heavy atom.